The average molecular weight is 393 g/mol. The third-order valence-corrected chi connectivity index (χ3v) is 4.76. The maximum Gasteiger partial charge on any atom is 0.221 e. The molecule has 0 spiro atoms. The van der Waals surface area contributed by atoms with Crippen molar-refractivity contribution in [1.82, 2.24) is 0 Å². The van der Waals surface area contributed by atoms with Gasteiger partial charge in [-0.15, -0.1) is 0 Å². The van der Waals surface area contributed by atoms with E-state index >= 15 is 0 Å². The number of hydrogen-bond donors (Lipinski definition) is 0. The van der Waals surface area contributed by atoms with Gasteiger partial charge in [0.15, 0.2) is 0 Å². The molecule has 1 aromatic carbocycles. The molecule has 0 radical (unpaired) electrons. The first kappa shape index (κ1) is 25.9. The Morgan fingerprint density at radius 1 is 0.778 bits per heavy atom. The lowest BCUT2D eigenvalue weighted by molar-refractivity contribution is -0.111. The molecule has 0 bridgehead atoms. The molecule has 1 aromatic rings. The van der Waals surface area contributed by atoms with Crippen molar-refractivity contribution in [3.8, 4) is 0 Å². The summed E-state index contributed by atoms with van der Waals surface area (Å²) in [5.74, 6) is 0. The molecule has 0 fully saturated rings. The van der Waals surface area contributed by atoms with Crippen LogP contribution >= 0.6 is 11.6 Å². The molecule has 0 aliphatic carbocycles. The topological polar surface area (TPSA) is 17.1 Å². The molecule has 1 nitrogen and oxygen atoms in total. The van der Waals surface area contributed by atoms with Gasteiger partial charge in [-0.3, -0.25) is 4.79 Å². The Bertz CT molecular complexity index is 453. The summed E-state index contributed by atoms with van der Waals surface area (Å²) in [5, 5.41) is -0.192. The van der Waals surface area contributed by atoms with Gasteiger partial charge in [0.1, 0.15) is 0 Å². The highest BCUT2D eigenvalue weighted by Gasteiger charge is 1.95. The Balaban J connectivity index is 0.000000797. The van der Waals surface area contributed by atoms with E-state index in [2.05, 4.69) is 38.1 Å². The van der Waals surface area contributed by atoms with Gasteiger partial charge < -0.3 is 0 Å². The highest BCUT2D eigenvalue weighted by molar-refractivity contribution is 6.63. The van der Waals surface area contributed by atoms with Gasteiger partial charge in [-0.1, -0.05) is 106 Å². The van der Waals surface area contributed by atoms with Gasteiger partial charge in [0.05, 0.1) is 0 Å². The number of unbranched alkanes of at least 4 members (excludes halogenated alkanes) is 11. The van der Waals surface area contributed by atoms with Crippen LogP contribution in [0.5, 0.6) is 0 Å². The minimum absolute atomic E-state index is 0.192. The number of rotatable bonds is 15. The number of carbonyl (C=O) groups is 1. The Labute approximate surface area is 173 Å². The fourth-order valence-electron chi connectivity index (χ4n) is 2.87. The lowest BCUT2D eigenvalue weighted by Gasteiger charge is -1.99. The Morgan fingerprint density at radius 2 is 1.26 bits per heavy atom. The zero-order valence-corrected chi connectivity index (χ0v) is 18.5. The molecule has 0 saturated carbocycles. The van der Waals surface area contributed by atoms with E-state index in [0.29, 0.717) is 6.42 Å². The van der Waals surface area contributed by atoms with Crippen molar-refractivity contribution in [3.05, 3.63) is 48.0 Å². The van der Waals surface area contributed by atoms with E-state index in [1.54, 1.807) is 0 Å². The van der Waals surface area contributed by atoms with Crippen molar-refractivity contribution >= 4 is 16.8 Å². The highest BCUT2D eigenvalue weighted by atomic mass is 35.5. The number of halogens is 1. The third-order valence-electron chi connectivity index (χ3n) is 4.58. The molecule has 1 rings (SSSR count). The Kier molecular flexibility index (Phi) is 20.4. The summed E-state index contributed by atoms with van der Waals surface area (Å²) in [4.78, 5) is 10.5. The number of aryl methyl sites for hydroxylation is 1. The van der Waals surface area contributed by atoms with E-state index in [1.165, 1.54) is 76.2 Å². The van der Waals surface area contributed by atoms with E-state index in [0.717, 1.165) is 12.8 Å². The molecule has 0 N–H and O–H groups in total. The molecular formula is C25H41ClO. The average Bonchev–Trinajstić information content (AvgIpc) is 2.66. The van der Waals surface area contributed by atoms with Crippen LogP contribution in [0.4, 0.5) is 0 Å². The summed E-state index contributed by atoms with van der Waals surface area (Å²) in [6, 6.07) is 10.3. The second-order valence-corrected chi connectivity index (χ2v) is 7.77. The molecule has 0 amide bonds. The Morgan fingerprint density at radius 3 is 1.70 bits per heavy atom. The van der Waals surface area contributed by atoms with Crippen LogP contribution in [0.15, 0.2) is 42.5 Å². The van der Waals surface area contributed by atoms with Crippen LogP contribution in [0.2, 0.25) is 0 Å². The first-order valence-corrected chi connectivity index (χ1v) is 11.4. The summed E-state index contributed by atoms with van der Waals surface area (Å²) in [6.45, 7) is 4.35. The largest absolute Gasteiger partial charge is 0.281 e. The van der Waals surface area contributed by atoms with E-state index in [9.17, 15) is 4.79 Å². The normalized spacial score (nSPS) is 10.6. The highest BCUT2D eigenvalue weighted by Crippen LogP contribution is 2.10. The van der Waals surface area contributed by atoms with E-state index in [-0.39, 0.29) is 5.24 Å². The van der Waals surface area contributed by atoms with Crippen molar-refractivity contribution in [1.29, 1.82) is 0 Å². The molecule has 0 aliphatic rings. The summed E-state index contributed by atoms with van der Waals surface area (Å²) in [5.41, 5.74) is 1.32. The molecule has 0 unspecified atom stereocenters. The maximum absolute atomic E-state index is 10.5. The van der Waals surface area contributed by atoms with Crippen molar-refractivity contribution in [2.24, 2.45) is 0 Å². The molecule has 0 atom stereocenters. The molecule has 0 saturated heterocycles. The molecule has 154 valence electrons. The molecule has 2 heteroatoms. The number of benzene rings is 1. The predicted octanol–water partition coefficient (Wildman–Crippen LogP) is 8.78. The van der Waals surface area contributed by atoms with Crippen molar-refractivity contribution in [2.75, 3.05) is 0 Å². The zero-order valence-electron chi connectivity index (χ0n) is 17.7. The molecular weight excluding hydrogens is 352 g/mol. The fourth-order valence-corrected chi connectivity index (χ4v) is 3.00. The summed E-state index contributed by atoms with van der Waals surface area (Å²) in [7, 11) is 0. The second-order valence-electron chi connectivity index (χ2n) is 7.34. The fraction of sp³-hybridized carbons (Fsp3) is 0.640. The van der Waals surface area contributed by atoms with E-state index < -0.39 is 0 Å². The Hall–Kier alpha value is -1.08. The third kappa shape index (κ3) is 22.9. The van der Waals surface area contributed by atoms with E-state index in [1.807, 2.05) is 18.2 Å². The van der Waals surface area contributed by atoms with Gasteiger partial charge in [0, 0.05) is 6.42 Å². The smallest absolute Gasteiger partial charge is 0.221 e. The van der Waals surface area contributed by atoms with Gasteiger partial charge in [-0.25, -0.2) is 0 Å². The SMILES string of the molecule is CCCCCCCC/C=C\CCCCCCCC(=O)Cl.Cc1ccccc1. The lowest BCUT2D eigenvalue weighted by Crippen LogP contribution is -1.86. The number of allylic oxidation sites excluding steroid dienone is 2. The van der Waals surface area contributed by atoms with Crippen LogP contribution in [0, 0.1) is 6.92 Å². The number of hydrogen-bond acceptors (Lipinski definition) is 1. The van der Waals surface area contributed by atoms with Crippen molar-refractivity contribution in [2.45, 2.75) is 104 Å². The van der Waals surface area contributed by atoms with Crippen LogP contribution in [0.1, 0.15) is 102 Å². The predicted molar refractivity (Wildman–Crippen MR) is 121 cm³/mol. The van der Waals surface area contributed by atoms with Crippen LogP contribution in [-0.4, -0.2) is 5.24 Å². The first-order chi connectivity index (χ1) is 13.2. The summed E-state index contributed by atoms with van der Waals surface area (Å²) in [6.07, 6.45) is 21.9. The minimum Gasteiger partial charge on any atom is -0.281 e. The van der Waals surface area contributed by atoms with Crippen LogP contribution in [0.3, 0.4) is 0 Å². The standard InChI is InChI=1S/C18H33ClO.C7H8/c1-2-3-4-5-6-7-8-9-10-11-12-13-14-15-16-17-18(19)20;1-7-5-3-2-4-6-7/h9-10H,2-8,11-17H2,1H3;2-6H,1H3/b10-9-;. The summed E-state index contributed by atoms with van der Waals surface area (Å²) >= 11 is 5.29. The monoisotopic (exact) mass is 392 g/mol. The van der Waals surface area contributed by atoms with Gasteiger partial charge >= 0.3 is 0 Å². The molecule has 0 aromatic heterocycles. The first-order valence-electron chi connectivity index (χ1n) is 11.0. The van der Waals surface area contributed by atoms with Gasteiger partial charge in [0.2, 0.25) is 5.24 Å². The molecule has 27 heavy (non-hydrogen) atoms. The second kappa shape index (κ2) is 21.2. The maximum atomic E-state index is 10.5. The minimum atomic E-state index is -0.192. The van der Waals surface area contributed by atoms with Gasteiger partial charge in [-0.2, -0.15) is 0 Å². The number of carbonyl (C=O) groups excluding carboxylic acids is 1. The van der Waals surface area contributed by atoms with E-state index in [4.69, 9.17) is 11.6 Å². The quantitative estimate of drug-likeness (QED) is 0.165. The van der Waals surface area contributed by atoms with Crippen molar-refractivity contribution in [3.63, 3.8) is 0 Å². The summed E-state index contributed by atoms with van der Waals surface area (Å²) < 4.78 is 0. The molecule has 0 aliphatic heterocycles. The van der Waals surface area contributed by atoms with Crippen molar-refractivity contribution < 1.29 is 4.79 Å². The lowest BCUT2D eigenvalue weighted by atomic mass is 10.1. The van der Waals surface area contributed by atoms with Crippen LogP contribution in [-0.2, 0) is 4.79 Å². The van der Waals surface area contributed by atoms with Crippen LogP contribution in [0.25, 0.3) is 0 Å². The van der Waals surface area contributed by atoms with Gasteiger partial charge in [-0.05, 0) is 50.6 Å². The van der Waals surface area contributed by atoms with Crippen LogP contribution < -0.4 is 0 Å². The van der Waals surface area contributed by atoms with Gasteiger partial charge in [0.25, 0.3) is 0 Å². The molecule has 0 heterocycles. The zero-order chi connectivity index (χ0) is 20.0.